The first-order valence-electron chi connectivity index (χ1n) is 28.6. The van der Waals surface area contributed by atoms with Crippen LogP contribution in [0.15, 0.2) is 119 Å². The van der Waals surface area contributed by atoms with Gasteiger partial charge in [-0.15, -0.1) is 0 Å². The van der Waals surface area contributed by atoms with E-state index in [1.165, 1.54) is 6.08 Å². The molecule has 5 N–H and O–H groups in total. The predicted molar refractivity (Wildman–Crippen MR) is 292 cm³/mol. The molecule has 2 aliphatic carbocycles. The van der Waals surface area contributed by atoms with Crippen LogP contribution in [-0.4, -0.2) is 132 Å². The minimum atomic E-state index is -1.56. The quantitative estimate of drug-likeness (QED) is 0.0268. The molecule has 14 atom stereocenters. The number of benzene rings is 3. The van der Waals surface area contributed by atoms with Crippen molar-refractivity contribution >= 4 is 18.0 Å². The third kappa shape index (κ3) is 16.8. The Balaban J connectivity index is 1.16. The Kier molecular flexibility index (Phi) is 22.1. The molecule has 4 fully saturated rings. The maximum atomic E-state index is 14.4. The number of hydrogen-bond donors (Lipinski definition) is 5. The van der Waals surface area contributed by atoms with E-state index in [0.717, 1.165) is 54.9 Å². The van der Waals surface area contributed by atoms with Gasteiger partial charge in [0.25, 0.3) is 11.5 Å². The minimum Gasteiger partial charge on any atom is -0.459 e. The molecule has 20 heteroatoms. The number of aliphatic hydroxyl groups is 1. The third-order valence-electron chi connectivity index (χ3n) is 15.3. The summed E-state index contributed by atoms with van der Waals surface area (Å²) in [6.07, 6.45) is -5.76. The van der Waals surface area contributed by atoms with E-state index in [1.807, 2.05) is 105 Å². The van der Waals surface area contributed by atoms with E-state index >= 15 is 0 Å². The van der Waals surface area contributed by atoms with Gasteiger partial charge in [0.05, 0.1) is 44.2 Å². The summed E-state index contributed by atoms with van der Waals surface area (Å²) in [5.74, 6) is -1.57. The van der Waals surface area contributed by atoms with E-state index in [2.05, 4.69) is 27.2 Å². The topological polar surface area (TPSA) is 254 Å². The first-order valence-corrected chi connectivity index (χ1v) is 27.9. The fourth-order valence-corrected chi connectivity index (χ4v) is 10.9. The second-order valence-corrected chi connectivity index (χ2v) is 21.0. The SMILES string of the molecule is [3H]CCOC[C@@H]1O[C@@H](O[C@@H]2CCCC(NC(=O)c3cc(=O)[nH]c(=O)[nH]3)[C@H]2O[C@@H]2OC(C)[C@@H](C)[C@H](OCc3ccccc3)C2OCc2ccccc2)C(NC(=O)OCC=C)C(O[C@@H](CC2CCCCC2)C(=O)OCc2ccccc2)[C@H]1O. The second-order valence-electron chi connectivity index (χ2n) is 21.0. The van der Waals surface area contributed by atoms with Crippen molar-refractivity contribution < 1.29 is 68.2 Å². The van der Waals surface area contributed by atoms with Gasteiger partial charge in [-0.25, -0.2) is 14.4 Å². The number of rotatable bonds is 25. The number of nitrogens with one attached hydrogen (secondary N) is 4. The van der Waals surface area contributed by atoms with Gasteiger partial charge in [-0.2, -0.15) is 0 Å². The number of carbonyl (C=O) groups excluding carboxylic acids is 3. The number of aromatic nitrogens is 2. The predicted octanol–water partition coefficient (Wildman–Crippen LogP) is 6.54. The molecule has 1 aromatic heterocycles. The molecule has 434 valence electrons. The highest BCUT2D eigenvalue weighted by Crippen LogP contribution is 2.38. The lowest BCUT2D eigenvalue weighted by molar-refractivity contribution is -0.338. The van der Waals surface area contributed by atoms with Crippen molar-refractivity contribution in [2.45, 2.75) is 178 Å². The maximum absolute atomic E-state index is 14.4. The fraction of sp³-hybridized carbons (Fsp3) is 0.550. The van der Waals surface area contributed by atoms with Gasteiger partial charge >= 0.3 is 17.8 Å². The standard InChI is InChI=1S/C60H78N4O16/c1-5-30-72-60(70)64-49-53(77-46(31-39-20-11-7-12-21-39)56(68)75-35-42-26-17-10-18-27-42)50(66)47(36-71-6-2)79-57(49)78-45-29-19-28-43(61-55(67)44-32-48(65)63-59(69)62-44)52(45)80-58-54(74-34-41-24-15-9-16-25-41)51(37(3)38(4)76-58)73-33-40-22-13-8-14-23-40/h5,8-10,13-18,22-27,32,37-39,43,45-47,49-54,57-58,66H,1,6-7,11-12,19-21,28-31,33-36H2,2-4H3,(H,61,67)(H,64,70)(H2,62,63,65,69)/t37-,38?,43?,45-,46+,47+,49?,50+,51+,52-,53?,54?,57-,58+/m1/s1/i2T. The van der Waals surface area contributed by atoms with Crippen molar-refractivity contribution in [1.82, 2.24) is 20.6 Å². The van der Waals surface area contributed by atoms with Gasteiger partial charge in [0.2, 0.25) is 0 Å². The van der Waals surface area contributed by atoms with E-state index in [0.29, 0.717) is 12.8 Å². The molecule has 3 aromatic carbocycles. The van der Waals surface area contributed by atoms with Crippen LogP contribution in [0, 0.1) is 11.8 Å². The Morgan fingerprint density at radius 3 is 2.08 bits per heavy atom. The number of hydrogen-bond acceptors (Lipinski definition) is 16. The summed E-state index contributed by atoms with van der Waals surface area (Å²) < 4.78 is 73.0. The summed E-state index contributed by atoms with van der Waals surface area (Å²) in [6.45, 7) is 7.45. The summed E-state index contributed by atoms with van der Waals surface area (Å²) in [4.78, 5) is 71.8. The summed E-state index contributed by atoms with van der Waals surface area (Å²) in [7, 11) is 0. The van der Waals surface area contributed by atoms with Crippen LogP contribution in [0.1, 0.15) is 107 Å². The molecular formula is C60H78N4O16. The van der Waals surface area contributed by atoms with Crippen LogP contribution in [0.25, 0.3) is 0 Å². The van der Waals surface area contributed by atoms with Gasteiger partial charge in [-0.05, 0) is 62.1 Å². The summed E-state index contributed by atoms with van der Waals surface area (Å²) in [5, 5.41) is 18.2. The Morgan fingerprint density at radius 1 is 0.762 bits per heavy atom. The molecule has 3 heterocycles. The van der Waals surface area contributed by atoms with E-state index in [1.54, 1.807) is 0 Å². The van der Waals surface area contributed by atoms with E-state index in [9.17, 15) is 29.1 Å². The zero-order valence-corrected chi connectivity index (χ0v) is 45.6. The van der Waals surface area contributed by atoms with Crippen LogP contribution >= 0.6 is 0 Å². The van der Waals surface area contributed by atoms with Crippen molar-refractivity contribution in [3.8, 4) is 0 Å². The minimum absolute atomic E-state index is 0.00420. The van der Waals surface area contributed by atoms with E-state index in [4.69, 9.17) is 48.7 Å². The molecule has 2 amide bonds. The van der Waals surface area contributed by atoms with Crippen molar-refractivity contribution in [2.75, 3.05) is 19.8 Å². The number of amides is 2. The van der Waals surface area contributed by atoms with Gasteiger partial charge in [-0.3, -0.25) is 14.6 Å². The molecule has 4 aromatic rings. The first kappa shape index (κ1) is 58.6. The number of alkyl carbamates (subject to hydrolysis) is 1. The van der Waals surface area contributed by atoms with Crippen molar-refractivity contribution in [3.05, 3.63) is 153 Å². The summed E-state index contributed by atoms with van der Waals surface area (Å²) >= 11 is 0. The molecule has 5 unspecified atom stereocenters. The smallest absolute Gasteiger partial charge is 0.407 e. The van der Waals surface area contributed by atoms with Gasteiger partial charge in [0.1, 0.15) is 55.5 Å². The fourth-order valence-electron chi connectivity index (χ4n) is 10.9. The number of ether oxygens (including phenoxy) is 10. The summed E-state index contributed by atoms with van der Waals surface area (Å²) in [6, 6.07) is 27.2. The van der Waals surface area contributed by atoms with Gasteiger partial charge in [-0.1, -0.05) is 143 Å². The maximum Gasteiger partial charge on any atom is 0.407 e. The largest absolute Gasteiger partial charge is 0.459 e. The molecule has 8 rings (SSSR count). The average molecular weight is 1110 g/mol. The number of carbonyl (C=O) groups is 3. The van der Waals surface area contributed by atoms with Crippen LogP contribution in [0.2, 0.25) is 0 Å². The highest BCUT2D eigenvalue weighted by Gasteiger charge is 2.53. The molecular weight excluding hydrogens is 1030 g/mol. The lowest BCUT2D eigenvalue weighted by Gasteiger charge is -2.49. The molecule has 0 spiro atoms. The Morgan fingerprint density at radius 2 is 1.43 bits per heavy atom. The average Bonchev–Trinajstić information content (AvgIpc) is 3.68. The van der Waals surface area contributed by atoms with Crippen LogP contribution in [0.5, 0.6) is 0 Å². The lowest BCUT2D eigenvalue weighted by atomic mass is 9.85. The first-order chi connectivity index (χ1) is 39.4. The lowest BCUT2D eigenvalue weighted by Crippen LogP contribution is -2.68. The highest BCUT2D eigenvalue weighted by atomic mass is 16.7. The Bertz CT molecular complexity index is 2670. The molecule has 2 saturated carbocycles. The number of H-pyrrole nitrogens is 2. The van der Waals surface area contributed by atoms with Crippen LogP contribution in [0.3, 0.4) is 0 Å². The van der Waals surface area contributed by atoms with Gasteiger partial charge in [0, 0.05) is 20.0 Å². The molecule has 2 aliphatic heterocycles. The van der Waals surface area contributed by atoms with Gasteiger partial charge in [0.15, 0.2) is 18.7 Å². The zero-order chi connectivity index (χ0) is 57.1. The number of aliphatic hydroxyl groups excluding tert-OH is 1. The van der Waals surface area contributed by atoms with E-state index in [-0.39, 0.29) is 76.9 Å². The third-order valence-corrected chi connectivity index (χ3v) is 15.3. The highest BCUT2D eigenvalue weighted by molar-refractivity contribution is 5.92. The van der Waals surface area contributed by atoms with Gasteiger partial charge < -0.3 is 68.1 Å². The molecule has 20 nitrogen and oxygen atoms in total. The Hall–Kier alpha value is -6.07. The number of esters is 1. The van der Waals surface area contributed by atoms with Crippen molar-refractivity contribution in [2.24, 2.45) is 11.8 Å². The van der Waals surface area contributed by atoms with E-state index < -0.39 is 109 Å². The van der Waals surface area contributed by atoms with Crippen LogP contribution < -0.4 is 21.9 Å². The Labute approximate surface area is 467 Å². The monoisotopic (exact) mass is 1110 g/mol. The molecule has 0 radical (unpaired) electrons. The normalized spacial score (nSPS) is 28.6. The van der Waals surface area contributed by atoms with Crippen molar-refractivity contribution in [3.63, 3.8) is 0 Å². The second kappa shape index (κ2) is 30.1. The number of aromatic amines is 2. The zero-order valence-electron chi connectivity index (χ0n) is 46.6. The molecule has 80 heavy (non-hydrogen) atoms. The van der Waals surface area contributed by atoms with Crippen LogP contribution in [0.4, 0.5) is 4.79 Å². The summed E-state index contributed by atoms with van der Waals surface area (Å²) in [5.41, 5.74) is 0.612. The molecule has 0 bridgehead atoms. The molecule has 2 saturated heterocycles. The van der Waals surface area contributed by atoms with Crippen molar-refractivity contribution in [1.29, 1.82) is 0 Å². The molecule has 4 aliphatic rings. The van der Waals surface area contributed by atoms with Crippen LogP contribution in [-0.2, 0) is 72.0 Å².